The quantitative estimate of drug-likeness (QED) is 0.462. The van der Waals surface area contributed by atoms with Crippen molar-refractivity contribution in [3.63, 3.8) is 0 Å². The van der Waals surface area contributed by atoms with Crippen molar-refractivity contribution >= 4 is 14.8 Å². The molecule has 0 bridgehead atoms. The monoisotopic (exact) mass is 187 g/mol. The Balaban J connectivity index is 3.53. The predicted molar refractivity (Wildman–Crippen MR) is 57.7 cm³/mol. The zero-order valence-corrected chi connectivity index (χ0v) is 9.92. The zero-order valence-electron chi connectivity index (χ0n) is 8.76. The minimum Gasteiger partial charge on any atom is -0.423 e. The molecule has 72 valence electrons. The molecular weight excluding hydrogens is 166 g/mol. The van der Waals surface area contributed by atoms with Gasteiger partial charge in [-0.1, -0.05) is 13.8 Å². The van der Waals surface area contributed by atoms with Gasteiger partial charge in [-0.25, -0.2) is 0 Å². The molecular formula is C9H21NOSi. The molecule has 0 aliphatic carbocycles. The summed E-state index contributed by atoms with van der Waals surface area (Å²) >= 11 is 0. The Kier molecular flexibility index (Phi) is 7.40. The molecule has 0 aliphatic heterocycles. The summed E-state index contributed by atoms with van der Waals surface area (Å²) in [5.41, 5.74) is 1.26. The molecule has 1 atom stereocenters. The summed E-state index contributed by atoms with van der Waals surface area (Å²) in [4.78, 5) is 4.45. The molecule has 0 amide bonds. The largest absolute Gasteiger partial charge is 0.423 e. The Morgan fingerprint density at radius 2 is 2.08 bits per heavy atom. The number of hydrogen-bond donors (Lipinski definition) is 0. The smallest absolute Gasteiger partial charge is 0.177 e. The fourth-order valence-corrected chi connectivity index (χ4v) is 2.39. The number of rotatable bonds is 6. The van der Waals surface area contributed by atoms with Gasteiger partial charge in [0.05, 0.1) is 0 Å². The van der Waals surface area contributed by atoms with Crippen molar-refractivity contribution in [3.05, 3.63) is 0 Å². The number of hydrogen-bond acceptors (Lipinski definition) is 2. The van der Waals surface area contributed by atoms with Crippen LogP contribution in [0.15, 0.2) is 4.99 Å². The Hall–Kier alpha value is -0.153. The molecule has 0 N–H and O–H groups in total. The van der Waals surface area contributed by atoms with Crippen LogP contribution >= 0.6 is 0 Å². The van der Waals surface area contributed by atoms with Crippen molar-refractivity contribution in [2.24, 2.45) is 4.99 Å². The Bertz CT molecular complexity index is 132. The van der Waals surface area contributed by atoms with Gasteiger partial charge in [-0.2, -0.15) is 0 Å². The normalized spacial score (nSPS) is 14.8. The van der Waals surface area contributed by atoms with Crippen LogP contribution in [0.5, 0.6) is 0 Å². The highest BCUT2D eigenvalue weighted by atomic mass is 28.3. The second kappa shape index (κ2) is 7.49. The van der Waals surface area contributed by atoms with Gasteiger partial charge in [0, 0.05) is 19.4 Å². The van der Waals surface area contributed by atoms with Crippen molar-refractivity contribution in [3.8, 4) is 0 Å². The van der Waals surface area contributed by atoms with Crippen LogP contribution in [0.1, 0.15) is 27.2 Å². The Labute approximate surface area is 77.8 Å². The van der Waals surface area contributed by atoms with Gasteiger partial charge in [-0.15, -0.1) is 0 Å². The van der Waals surface area contributed by atoms with Crippen LogP contribution in [-0.4, -0.2) is 28.4 Å². The second-order valence-electron chi connectivity index (χ2n) is 3.03. The lowest BCUT2D eigenvalue weighted by Gasteiger charge is -2.08. The van der Waals surface area contributed by atoms with Gasteiger partial charge in [0.25, 0.3) is 0 Å². The van der Waals surface area contributed by atoms with Crippen LogP contribution < -0.4 is 0 Å². The van der Waals surface area contributed by atoms with Gasteiger partial charge in [-0.3, -0.25) is 4.99 Å². The molecule has 0 saturated heterocycles. The lowest BCUT2D eigenvalue weighted by molar-refractivity contribution is 0.419. The summed E-state index contributed by atoms with van der Waals surface area (Å²) in [5, 5.41) is 0. The van der Waals surface area contributed by atoms with Crippen molar-refractivity contribution in [1.29, 1.82) is 0 Å². The molecule has 2 nitrogen and oxygen atoms in total. The van der Waals surface area contributed by atoms with Crippen molar-refractivity contribution in [1.82, 2.24) is 0 Å². The second-order valence-corrected chi connectivity index (χ2v) is 6.13. The molecule has 0 heterocycles. The first kappa shape index (κ1) is 11.8. The minimum absolute atomic E-state index is 0.869. The molecule has 0 aromatic carbocycles. The van der Waals surface area contributed by atoms with Crippen LogP contribution in [0.25, 0.3) is 0 Å². The molecule has 0 aliphatic rings. The molecule has 0 saturated carbocycles. The summed E-state index contributed by atoms with van der Waals surface area (Å²) in [5.74, 6) is 0. The Morgan fingerprint density at radius 3 is 2.50 bits per heavy atom. The van der Waals surface area contributed by atoms with Gasteiger partial charge in [0.15, 0.2) is 9.04 Å². The fourth-order valence-electron chi connectivity index (χ4n) is 1.000. The molecule has 0 fully saturated rings. The number of nitrogens with zero attached hydrogens (tertiary/aromatic N) is 1. The van der Waals surface area contributed by atoms with Crippen molar-refractivity contribution < 1.29 is 4.43 Å². The maximum absolute atomic E-state index is 5.38. The van der Waals surface area contributed by atoms with Gasteiger partial charge in [0.2, 0.25) is 0 Å². The molecule has 0 radical (unpaired) electrons. The highest BCUT2D eigenvalue weighted by molar-refractivity contribution is 6.51. The average molecular weight is 187 g/mol. The molecule has 0 aromatic rings. The topological polar surface area (TPSA) is 21.6 Å². The van der Waals surface area contributed by atoms with E-state index in [1.165, 1.54) is 17.8 Å². The summed E-state index contributed by atoms with van der Waals surface area (Å²) in [6, 6.07) is 2.40. The average Bonchev–Trinajstić information content (AvgIpc) is 2.12. The van der Waals surface area contributed by atoms with E-state index in [0.717, 1.165) is 13.0 Å². The van der Waals surface area contributed by atoms with Gasteiger partial charge in [-0.05, 0) is 25.4 Å². The van der Waals surface area contributed by atoms with Gasteiger partial charge >= 0.3 is 0 Å². The van der Waals surface area contributed by atoms with E-state index in [4.69, 9.17) is 4.43 Å². The van der Waals surface area contributed by atoms with Crippen molar-refractivity contribution in [2.45, 2.75) is 39.3 Å². The molecule has 3 heteroatoms. The van der Waals surface area contributed by atoms with E-state index in [1.54, 1.807) is 0 Å². The van der Waals surface area contributed by atoms with Crippen LogP contribution in [0.3, 0.4) is 0 Å². The SMILES string of the molecule is CCC(C)=NCC[SiH](CC)OC. The molecule has 0 spiro atoms. The summed E-state index contributed by atoms with van der Waals surface area (Å²) < 4.78 is 5.38. The van der Waals surface area contributed by atoms with Crippen LogP contribution in [-0.2, 0) is 4.43 Å². The molecule has 1 unspecified atom stereocenters. The maximum Gasteiger partial charge on any atom is 0.177 e. The summed E-state index contributed by atoms with van der Waals surface area (Å²) in [7, 11) is 0.961. The summed E-state index contributed by atoms with van der Waals surface area (Å²) in [6.45, 7) is 7.41. The van der Waals surface area contributed by atoms with Crippen molar-refractivity contribution in [2.75, 3.05) is 13.7 Å². The fraction of sp³-hybridized carbons (Fsp3) is 0.889. The molecule has 0 aromatic heterocycles. The van der Waals surface area contributed by atoms with E-state index in [1.807, 2.05) is 7.11 Å². The first-order valence-electron chi connectivity index (χ1n) is 4.77. The van der Waals surface area contributed by atoms with Gasteiger partial charge < -0.3 is 4.43 Å². The van der Waals surface area contributed by atoms with Crippen LogP contribution in [0, 0.1) is 0 Å². The van der Waals surface area contributed by atoms with E-state index in [2.05, 4.69) is 25.8 Å². The lowest BCUT2D eigenvalue weighted by atomic mass is 10.3. The van der Waals surface area contributed by atoms with Crippen LogP contribution in [0.4, 0.5) is 0 Å². The van der Waals surface area contributed by atoms with E-state index in [9.17, 15) is 0 Å². The van der Waals surface area contributed by atoms with E-state index >= 15 is 0 Å². The first-order chi connectivity index (χ1) is 5.74. The maximum atomic E-state index is 5.38. The summed E-state index contributed by atoms with van der Waals surface area (Å²) in [6.07, 6.45) is 1.07. The lowest BCUT2D eigenvalue weighted by Crippen LogP contribution is -2.15. The van der Waals surface area contributed by atoms with Gasteiger partial charge in [0.1, 0.15) is 0 Å². The third-order valence-corrected chi connectivity index (χ3v) is 4.61. The van der Waals surface area contributed by atoms with Crippen LogP contribution in [0.2, 0.25) is 12.1 Å². The Morgan fingerprint density at radius 1 is 1.42 bits per heavy atom. The molecule has 0 rings (SSSR count). The van der Waals surface area contributed by atoms with E-state index in [-0.39, 0.29) is 0 Å². The third kappa shape index (κ3) is 5.49. The first-order valence-corrected chi connectivity index (χ1v) is 6.87. The highest BCUT2D eigenvalue weighted by Crippen LogP contribution is 2.00. The third-order valence-electron chi connectivity index (χ3n) is 2.13. The van der Waals surface area contributed by atoms with E-state index < -0.39 is 9.04 Å². The highest BCUT2D eigenvalue weighted by Gasteiger charge is 2.05. The number of aliphatic imine (C=N–C) groups is 1. The standard InChI is InChI=1S/C9H21NOSi/c1-5-9(3)10-7-8-12(6-2)11-4/h12H,5-8H2,1-4H3. The van der Waals surface area contributed by atoms with E-state index in [0.29, 0.717) is 0 Å². The minimum atomic E-state index is -0.869. The predicted octanol–water partition coefficient (Wildman–Crippen LogP) is 2.25. The zero-order chi connectivity index (χ0) is 9.40. The molecule has 12 heavy (non-hydrogen) atoms.